The fourth-order valence-electron chi connectivity index (χ4n) is 1.82. The summed E-state index contributed by atoms with van der Waals surface area (Å²) in [4.78, 5) is 25.1. The van der Waals surface area contributed by atoms with E-state index in [0.29, 0.717) is 25.6 Å². The van der Waals surface area contributed by atoms with E-state index in [-0.39, 0.29) is 6.61 Å². The van der Waals surface area contributed by atoms with Crippen LogP contribution in [0.5, 0.6) is 5.75 Å². The number of rotatable bonds is 5. The maximum Gasteiger partial charge on any atom is 0.322 e. The van der Waals surface area contributed by atoms with Gasteiger partial charge in [-0.05, 0) is 12.1 Å². The van der Waals surface area contributed by atoms with Crippen molar-refractivity contribution in [1.82, 2.24) is 15.5 Å². The summed E-state index contributed by atoms with van der Waals surface area (Å²) in [6, 6.07) is 8.43. The molecular weight excluding hydrogens is 274 g/mol. The first-order valence-corrected chi connectivity index (χ1v) is 6.79. The summed E-state index contributed by atoms with van der Waals surface area (Å²) in [7, 11) is 0. The molecule has 0 spiro atoms. The Morgan fingerprint density at radius 2 is 1.90 bits per heavy atom. The third kappa shape index (κ3) is 5.80. The monoisotopic (exact) mass is 293 g/mol. The minimum Gasteiger partial charge on any atom is -0.484 e. The van der Waals surface area contributed by atoms with Crippen molar-refractivity contribution in [1.29, 1.82) is 0 Å². The summed E-state index contributed by atoms with van der Waals surface area (Å²) in [6.07, 6.45) is 0. The van der Waals surface area contributed by atoms with Gasteiger partial charge in [-0.1, -0.05) is 18.2 Å². The maximum absolute atomic E-state index is 11.6. The normalized spacial score (nSPS) is 15.2. The van der Waals surface area contributed by atoms with Crippen molar-refractivity contribution in [2.24, 2.45) is 0 Å². The minimum atomic E-state index is -0.525. The average molecular weight is 293 g/mol. The first-order chi connectivity index (χ1) is 10.2. The molecule has 0 bridgehead atoms. The highest BCUT2D eigenvalue weighted by Crippen LogP contribution is 2.07. The van der Waals surface area contributed by atoms with Gasteiger partial charge >= 0.3 is 6.03 Å². The zero-order valence-corrected chi connectivity index (χ0v) is 11.7. The van der Waals surface area contributed by atoms with Crippen molar-refractivity contribution in [2.75, 3.05) is 39.6 Å². The predicted molar refractivity (Wildman–Crippen MR) is 75.9 cm³/mol. The molecular formula is C14H19N3O4. The molecule has 2 N–H and O–H groups in total. The third-order valence-electron chi connectivity index (χ3n) is 2.93. The molecule has 0 aliphatic carbocycles. The van der Waals surface area contributed by atoms with E-state index in [1.54, 1.807) is 12.1 Å². The van der Waals surface area contributed by atoms with Crippen molar-refractivity contribution in [3.05, 3.63) is 30.3 Å². The van der Waals surface area contributed by atoms with Crippen LogP contribution in [0.3, 0.4) is 0 Å². The Morgan fingerprint density at radius 3 is 2.62 bits per heavy atom. The molecule has 1 aromatic carbocycles. The fourth-order valence-corrected chi connectivity index (χ4v) is 1.82. The highest BCUT2D eigenvalue weighted by molar-refractivity contribution is 5.94. The molecule has 1 aliphatic rings. The number of ether oxygens (including phenoxy) is 2. The van der Waals surface area contributed by atoms with Crippen LogP contribution < -0.4 is 15.4 Å². The Hall–Kier alpha value is -2.12. The number of urea groups is 1. The van der Waals surface area contributed by atoms with E-state index in [0.717, 1.165) is 13.1 Å². The van der Waals surface area contributed by atoms with Gasteiger partial charge < -0.3 is 14.8 Å². The zero-order chi connectivity index (χ0) is 14.9. The molecule has 0 atom stereocenters. The number of para-hydroxylation sites is 1. The number of carbonyl (C=O) groups excluding carboxylic acids is 2. The molecule has 0 unspecified atom stereocenters. The van der Waals surface area contributed by atoms with E-state index in [1.165, 1.54) is 0 Å². The van der Waals surface area contributed by atoms with E-state index >= 15 is 0 Å². The number of benzene rings is 1. The Balaban J connectivity index is 1.61. The van der Waals surface area contributed by atoms with Crippen molar-refractivity contribution < 1.29 is 19.1 Å². The molecule has 2 rings (SSSR count). The van der Waals surface area contributed by atoms with Crippen LogP contribution in [0, 0.1) is 0 Å². The van der Waals surface area contributed by atoms with E-state index in [9.17, 15) is 9.59 Å². The number of amides is 3. The third-order valence-corrected chi connectivity index (χ3v) is 2.93. The minimum absolute atomic E-state index is 0.199. The second-order valence-corrected chi connectivity index (χ2v) is 4.54. The van der Waals surface area contributed by atoms with Crippen LogP contribution >= 0.6 is 0 Å². The maximum atomic E-state index is 11.6. The van der Waals surface area contributed by atoms with E-state index < -0.39 is 11.9 Å². The van der Waals surface area contributed by atoms with Gasteiger partial charge in [-0.2, -0.15) is 0 Å². The Kier molecular flexibility index (Phi) is 5.99. The van der Waals surface area contributed by atoms with E-state index in [1.807, 2.05) is 23.1 Å². The van der Waals surface area contributed by atoms with Gasteiger partial charge in [-0.15, -0.1) is 0 Å². The molecule has 1 aliphatic heterocycles. The number of nitrogens with one attached hydrogen (secondary N) is 2. The Bertz CT molecular complexity index is 461. The van der Waals surface area contributed by atoms with Crippen molar-refractivity contribution in [3.63, 3.8) is 0 Å². The lowest BCUT2D eigenvalue weighted by Crippen LogP contribution is -2.48. The van der Waals surface area contributed by atoms with Gasteiger partial charge in [0.05, 0.1) is 19.9 Å². The highest BCUT2D eigenvalue weighted by atomic mass is 16.5. The molecule has 0 radical (unpaired) electrons. The lowest BCUT2D eigenvalue weighted by Gasteiger charge is -2.26. The fraction of sp³-hybridized carbons (Fsp3) is 0.429. The van der Waals surface area contributed by atoms with Gasteiger partial charge in [-0.25, -0.2) is 4.79 Å². The number of hydrogen-bond acceptors (Lipinski definition) is 5. The van der Waals surface area contributed by atoms with Crippen LogP contribution in [0.1, 0.15) is 0 Å². The SMILES string of the molecule is O=C(COc1ccccc1)NC(=O)NCN1CCOCC1. The molecule has 1 fully saturated rings. The van der Waals surface area contributed by atoms with Gasteiger partial charge in [0.1, 0.15) is 5.75 Å². The lowest BCUT2D eigenvalue weighted by atomic mass is 10.3. The van der Waals surface area contributed by atoms with Gasteiger partial charge in [0, 0.05) is 13.1 Å². The highest BCUT2D eigenvalue weighted by Gasteiger charge is 2.12. The summed E-state index contributed by atoms with van der Waals surface area (Å²) < 4.78 is 10.4. The summed E-state index contributed by atoms with van der Waals surface area (Å²) in [5, 5.41) is 4.84. The average Bonchev–Trinajstić information content (AvgIpc) is 2.53. The van der Waals surface area contributed by atoms with Crippen LogP contribution in [-0.4, -0.2) is 56.4 Å². The summed E-state index contributed by atoms with van der Waals surface area (Å²) in [5.74, 6) is 0.0969. The topological polar surface area (TPSA) is 79.9 Å². The summed E-state index contributed by atoms with van der Waals surface area (Å²) in [5.41, 5.74) is 0. The smallest absolute Gasteiger partial charge is 0.322 e. The number of imide groups is 1. The van der Waals surface area contributed by atoms with Crippen LogP contribution in [0.2, 0.25) is 0 Å². The molecule has 7 heteroatoms. The quantitative estimate of drug-likeness (QED) is 0.809. The van der Waals surface area contributed by atoms with Crippen LogP contribution in [0.15, 0.2) is 30.3 Å². The van der Waals surface area contributed by atoms with E-state index in [2.05, 4.69) is 10.6 Å². The molecule has 1 heterocycles. The summed E-state index contributed by atoms with van der Waals surface area (Å²) >= 11 is 0. The molecule has 3 amide bonds. The van der Waals surface area contributed by atoms with Crippen molar-refractivity contribution in [3.8, 4) is 5.75 Å². The number of morpholine rings is 1. The number of hydrogen-bond donors (Lipinski definition) is 2. The first kappa shape index (κ1) is 15.3. The largest absolute Gasteiger partial charge is 0.484 e. The molecule has 1 aromatic rings. The number of nitrogens with zero attached hydrogens (tertiary/aromatic N) is 1. The van der Waals surface area contributed by atoms with Crippen molar-refractivity contribution in [2.45, 2.75) is 0 Å². The molecule has 0 aromatic heterocycles. The van der Waals surface area contributed by atoms with Gasteiger partial charge in [-0.3, -0.25) is 15.0 Å². The molecule has 0 saturated carbocycles. The standard InChI is InChI=1S/C14H19N3O4/c18-13(10-21-12-4-2-1-3-5-12)16-14(19)15-11-17-6-8-20-9-7-17/h1-5H,6-11H2,(H2,15,16,18,19). The Labute approximate surface area is 123 Å². The lowest BCUT2D eigenvalue weighted by molar-refractivity contribution is -0.122. The van der Waals surface area contributed by atoms with Crippen LogP contribution in [0.25, 0.3) is 0 Å². The molecule has 21 heavy (non-hydrogen) atoms. The predicted octanol–water partition coefficient (Wildman–Crippen LogP) is 0.181. The Morgan fingerprint density at radius 1 is 1.19 bits per heavy atom. The van der Waals surface area contributed by atoms with Gasteiger partial charge in [0.2, 0.25) is 0 Å². The first-order valence-electron chi connectivity index (χ1n) is 6.79. The molecule has 1 saturated heterocycles. The van der Waals surface area contributed by atoms with E-state index in [4.69, 9.17) is 9.47 Å². The van der Waals surface area contributed by atoms with Gasteiger partial charge in [0.15, 0.2) is 6.61 Å². The zero-order valence-electron chi connectivity index (χ0n) is 11.7. The second kappa shape index (κ2) is 8.23. The van der Waals surface area contributed by atoms with Gasteiger partial charge in [0.25, 0.3) is 5.91 Å². The molecule has 7 nitrogen and oxygen atoms in total. The van der Waals surface area contributed by atoms with Crippen molar-refractivity contribution >= 4 is 11.9 Å². The molecule has 114 valence electrons. The number of carbonyl (C=O) groups is 2. The van der Waals surface area contributed by atoms with Crippen LogP contribution in [-0.2, 0) is 9.53 Å². The summed E-state index contributed by atoms with van der Waals surface area (Å²) in [6.45, 7) is 3.05. The van der Waals surface area contributed by atoms with Crippen LogP contribution in [0.4, 0.5) is 4.79 Å². The second-order valence-electron chi connectivity index (χ2n) is 4.54.